The van der Waals surface area contributed by atoms with Gasteiger partial charge in [-0.05, 0) is 30.7 Å². The van der Waals surface area contributed by atoms with Gasteiger partial charge in [0.2, 0.25) is 10.0 Å². The highest BCUT2D eigenvalue weighted by Gasteiger charge is 2.18. The Morgan fingerprint density at radius 2 is 2.00 bits per heavy atom. The third kappa shape index (κ3) is 4.01. The molecule has 1 rings (SSSR count). The fourth-order valence-electron chi connectivity index (χ4n) is 1.54. The molecule has 6 nitrogen and oxygen atoms in total. The molecule has 0 aliphatic rings. The molecule has 0 radical (unpaired) electrons. The van der Waals surface area contributed by atoms with Crippen LogP contribution in [0, 0.1) is 18.3 Å². The number of hydrogen-bond donors (Lipinski definition) is 1. The fourth-order valence-corrected chi connectivity index (χ4v) is 2.78. The molecule has 0 unspecified atom stereocenters. The second kappa shape index (κ2) is 6.63. The van der Waals surface area contributed by atoms with Crippen molar-refractivity contribution >= 4 is 10.0 Å². The Labute approximate surface area is 113 Å². The number of benzene rings is 1. The summed E-state index contributed by atoms with van der Waals surface area (Å²) >= 11 is 0. The van der Waals surface area contributed by atoms with Gasteiger partial charge in [-0.25, -0.2) is 13.1 Å². The average Bonchev–Trinajstić information content (AvgIpc) is 2.39. The van der Waals surface area contributed by atoms with Crippen molar-refractivity contribution in [3.63, 3.8) is 0 Å². The van der Waals surface area contributed by atoms with Crippen LogP contribution in [0.25, 0.3) is 0 Å². The molecule has 0 fully saturated rings. The molecule has 19 heavy (non-hydrogen) atoms. The van der Waals surface area contributed by atoms with Gasteiger partial charge in [0.05, 0.1) is 23.1 Å². The number of nitrogens with one attached hydrogen (secondary N) is 1. The topological polar surface area (TPSA) is 88.4 Å². The van der Waals surface area contributed by atoms with Gasteiger partial charge in [-0.15, -0.1) is 0 Å². The molecule has 0 aliphatic carbocycles. The maximum Gasteiger partial charge on any atom is 0.241 e. The molecule has 0 heterocycles. The molecule has 0 aliphatic heterocycles. The van der Waals surface area contributed by atoms with Gasteiger partial charge < -0.3 is 9.47 Å². The first-order chi connectivity index (χ1) is 8.94. The largest absolute Gasteiger partial charge is 0.355 e. The second-order valence-corrected chi connectivity index (χ2v) is 5.58. The number of hydrogen-bond acceptors (Lipinski definition) is 5. The minimum atomic E-state index is -3.65. The van der Waals surface area contributed by atoms with E-state index in [2.05, 4.69) is 4.72 Å². The number of rotatable bonds is 6. The van der Waals surface area contributed by atoms with Crippen molar-refractivity contribution in [3.8, 4) is 6.07 Å². The summed E-state index contributed by atoms with van der Waals surface area (Å²) in [7, 11) is -0.799. The molecule has 0 atom stereocenters. The molecule has 0 amide bonds. The first-order valence-corrected chi connectivity index (χ1v) is 6.99. The summed E-state index contributed by atoms with van der Waals surface area (Å²) in [5.41, 5.74) is 0.932. The van der Waals surface area contributed by atoms with E-state index >= 15 is 0 Å². The van der Waals surface area contributed by atoms with E-state index in [1.54, 1.807) is 6.92 Å². The highest BCUT2D eigenvalue weighted by atomic mass is 32.2. The zero-order valence-corrected chi connectivity index (χ0v) is 11.8. The first kappa shape index (κ1) is 15.6. The van der Waals surface area contributed by atoms with E-state index in [0.29, 0.717) is 11.1 Å². The lowest BCUT2D eigenvalue weighted by molar-refractivity contribution is -0.0960. The molecule has 1 N–H and O–H groups in total. The molecule has 1 aromatic carbocycles. The van der Waals surface area contributed by atoms with Crippen LogP contribution in [0.5, 0.6) is 0 Å². The maximum atomic E-state index is 12.1. The third-order valence-electron chi connectivity index (χ3n) is 2.56. The first-order valence-electron chi connectivity index (χ1n) is 5.50. The van der Waals surface area contributed by atoms with Crippen LogP contribution in [0.2, 0.25) is 0 Å². The predicted molar refractivity (Wildman–Crippen MR) is 68.9 cm³/mol. The lowest BCUT2D eigenvalue weighted by Gasteiger charge is -2.15. The normalized spacial score (nSPS) is 11.5. The Balaban J connectivity index is 2.92. The molecule has 0 aromatic heterocycles. The fraction of sp³-hybridized carbons (Fsp3) is 0.417. The lowest BCUT2D eigenvalue weighted by atomic mass is 10.2. The van der Waals surface area contributed by atoms with Gasteiger partial charge in [0, 0.05) is 14.2 Å². The minimum absolute atomic E-state index is 0.00871. The second-order valence-electron chi connectivity index (χ2n) is 3.84. The Hall–Kier alpha value is -1.46. The zero-order valence-electron chi connectivity index (χ0n) is 11.0. The van der Waals surface area contributed by atoms with Crippen LogP contribution in [-0.2, 0) is 19.5 Å². The molecule has 0 saturated heterocycles. The van der Waals surface area contributed by atoms with Crippen molar-refractivity contribution in [2.45, 2.75) is 18.1 Å². The summed E-state index contributed by atoms with van der Waals surface area (Å²) in [5.74, 6) is 0. The quantitative estimate of drug-likeness (QED) is 0.779. The lowest BCUT2D eigenvalue weighted by Crippen LogP contribution is -2.34. The van der Waals surface area contributed by atoms with Crippen LogP contribution in [0.4, 0.5) is 0 Å². The number of sulfonamides is 1. The number of nitrogens with zero attached hydrogens (tertiary/aromatic N) is 1. The standard InChI is InChI=1S/C12H16N2O4S/c1-9-6-10(7-13)4-5-11(9)19(15,16)14-8-12(17-2)18-3/h4-6,12,14H,8H2,1-3H3. The van der Waals surface area contributed by atoms with Crippen LogP contribution in [0.15, 0.2) is 23.1 Å². The predicted octanol–water partition coefficient (Wildman–Crippen LogP) is 0.764. The monoisotopic (exact) mass is 284 g/mol. The van der Waals surface area contributed by atoms with E-state index in [9.17, 15) is 8.42 Å². The Morgan fingerprint density at radius 3 is 2.47 bits per heavy atom. The highest BCUT2D eigenvalue weighted by Crippen LogP contribution is 2.16. The Kier molecular flexibility index (Phi) is 5.44. The summed E-state index contributed by atoms with van der Waals surface area (Å²) in [4.78, 5) is 0.137. The van der Waals surface area contributed by atoms with Gasteiger partial charge in [-0.3, -0.25) is 0 Å². The van der Waals surface area contributed by atoms with Crippen molar-refractivity contribution < 1.29 is 17.9 Å². The maximum absolute atomic E-state index is 12.1. The van der Waals surface area contributed by atoms with Crippen molar-refractivity contribution in [1.29, 1.82) is 5.26 Å². The van der Waals surface area contributed by atoms with Crippen molar-refractivity contribution in [3.05, 3.63) is 29.3 Å². The SMILES string of the molecule is COC(CNS(=O)(=O)c1ccc(C#N)cc1C)OC. The van der Waals surface area contributed by atoms with Crippen LogP contribution < -0.4 is 4.72 Å². The minimum Gasteiger partial charge on any atom is -0.355 e. The Morgan fingerprint density at radius 1 is 1.37 bits per heavy atom. The zero-order chi connectivity index (χ0) is 14.5. The molecule has 0 saturated carbocycles. The Bertz CT molecular complexity index is 574. The summed E-state index contributed by atoms with van der Waals surface area (Å²) in [5, 5.41) is 8.75. The van der Waals surface area contributed by atoms with E-state index in [0.717, 1.165) is 0 Å². The van der Waals surface area contributed by atoms with Gasteiger partial charge in [0.1, 0.15) is 0 Å². The van der Waals surface area contributed by atoms with Crippen LogP contribution in [-0.4, -0.2) is 35.5 Å². The summed E-state index contributed by atoms with van der Waals surface area (Å²) in [6.45, 7) is 1.65. The third-order valence-corrected chi connectivity index (χ3v) is 4.14. The smallest absolute Gasteiger partial charge is 0.241 e. The van der Waals surface area contributed by atoms with E-state index in [1.165, 1.54) is 32.4 Å². The molecule has 0 spiro atoms. The molecule has 0 bridgehead atoms. The molecule has 1 aromatic rings. The van der Waals surface area contributed by atoms with Gasteiger partial charge in [0.15, 0.2) is 6.29 Å². The number of ether oxygens (including phenoxy) is 2. The average molecular weight is 284 g/mol. The number of methoxy groups -OCH3 is 2. The van der Waals surface area contributed by atoms with Gasteiger partial charge >= 0.3 is 0 Å². The number of aryl methyl sites for hydroxylation is 1. The van der Waals surface area contributed by atoms with Crippen LogP contribution >= 0.6 is 0 Å². The van der Waals surface area contributed by atoms with Crippen molar-refractivity contribution in [2.75, 3.05) is 20.8 Å². The van der Waals surface area contributed by atoms with Gasteiger partial charge in [-0.1, -0.05) is 0 Å². The van der Waals surface area contributed by atoms with Crippen molar-refractivity contribution in [2.24, 2.45) is 0 Å². The summed E-state index contributed by atoms with van der Waals surface area (Å²) in [6.07, 6.45) is -0.645. The summed E-state index contributed by atoms with van der Waals surface area (Å²) in [6, 6.07) is 6.36. The van der Waals surface area contributed by atoms with Crippen LogP contribution in [0.1, 0.15) is 11.1 Å². The molecule has 7 heteroatoms. The van der Waals surface area contributed by atoms with E-state index in [-0.39, 0.29) is 11.4 Å². The van der Waals surface area contributed by atoms with E-state index in [4.69, 9.17) is 14.7 Å². The molecular weight excluding hydrogens is 268 g/mol. The molecule has 104 valence electrons. The van der Waals surface area contributed by atoms with Crippen LogP contribution in [0.3, 0.4) is 0 Å². The summed E-state index contributed by atoms with van der Waals surface area (Å²) < 4.78 is 36.4. The van der Waals surface area contributed by atoms with E-state index in [1.807, 2.05) is 6.07 Å². The van der Waals surface area contributed by atoms with Gasteiger partial charge in [-0.2, -0.15) is 5.26 Å². The van der Waals surface area contributed by atoms with Crippen molar-refractivity contribution in [1.82, 2.24) is 4.72 Å². The van der Waals surface area contributed by atoms with E-state index < -0.39 is 16.3 Å². The molecular formula is C12H16N2O4S. The highest BCUT2D eigenvalue weighted by molar-refractivity contribution is 7.89. The van der Waals surface area contributed by atoms with Gasteiger partial charge in [0.25, 0.3) is 0 Å². The number of nitriles is 1.